The topological polar surface area (TPSA) is 82.2 Å². The zero-order chi connectivity index (χ0) is 21.1. The lowest BCUT2D eigenvalue weighted by Gasteiger charge is -2.19. The zero-order valence-corrected chi connectivity index (χ0v) is 17.0. The summed E-state index contributed by atoms with van der Waals surface area (Å²) < 4.78 is 12.5. The second-order valence-electron chi connectivity index (χ2n) is 6.94. The quantitative estimate of drug-likeness (QED) is 0.529. The first kappa shape index (κ1) is 19.4. The first-order valence-corrected chi connectivity index (χ1v) is 9.52. The molecule has 0 unspecified atom stereocenters. The molecule has 0 fully saturated rings. The summed E-state index contributed by atoms with van der Waals surface area (Å²) in [6.45, 7) is 1.93. The van der Waals surface area contributed by atoms with Crippen LogP contribution in [0.3, 0.4) is 0 Å². The van der Waals surface area contributed by atoms with Crippen molar-refractivity contribution < 1.29 is 14.1 Å². The fraction of sp³-hybridized carbons (Fsp3) is 0.174. The highest BCUT2D eigenvalue weighted by Crippen LogP contribution is 2.27. The third kappa shape index (κ3) is 3.82. The molecule has 0 aliphatic heterocycles. The van der Waals surface area contributed by atoms with Gasteiger partial charge in [-0.2, -0.15) is 5.10 Å². The van der Waals surface area contributed by atoms with Crippen LogP contribution in [-0.4, -0.2) is 28.0 Å². The predicted octanol–water partition coefficient (Wildman–Crippen LogP) is 3.91. The highest BCUT2D eigenvalue weighted by molar-refractivity contribution is 5.93. The molecule has 0 spiro atoms. The lowest BCUT2D eigenvalue weighted by Crippen LogP contribution is -2.29. The van der Waals surface area contributed by atoms with E-state index in [1.54, 1.807) is 24.1 Å². The highest BCUT2D eigenvalue weighted by Gasteiger charge is 2.22. The number of carbonyl (C=O) groups excluding carboxylic acids is 1. The number of hydrogen-bond acceptors (Lipinski definition) is 5. The summed E-state index contributed by atoms with van der Waals surface area (Å²) in [4.78, 5) is 13.0. The number of methoxy groups -OCH3 is 1. The molecule has 0 radical (unpaired) electrons. The van der Waals surface area contributed by atoms with Crippen molar-refractivity contribution in [2.75, 3.05) is 7.11 Å². The van der Waals surface area contributed by atoms with Gasteiger partial charge in [0.1, 0.15) is 5.75 Å². The van der Waals surface area contributed by atoms with E-state index in [0.29, 0.717) is 5.76 Å². The summed E-state index contributed by atoms with van der Waals surface area (Å²) in [5, 5.41) is 11.2. The molecule has 0 bridgehead atoms. The Kier molecular flexibility index (Phi) is 5.34. The fourth-order valence-electron chi connectivity index (χ4n) is 3.28. The van der Waals surface area contributed by atoms with Crippen molar-refractivity contribution in [3.05, 3.63) is 89.4 Å². The summed E-state index contributed by atoms with van der Waals surface area (Å²) >= 11 is 0. The smallest absolute Gasteiger partial charge is 0.274 e. The number of hydrogen-bond donors (Lipinski definition) is 1. The number of carbonyl (C=O) groups is 1. The zero-order valence-electron chi connectivity index (χ0n) is 17.0. The van der Waals surface area contributed by atoms with Crippen LogP contribution in [0.1, 0.15) is 33.4 Å². The molecule has 1 amide bonds. The standard InChI is InChI=1S/C23H22N4O3/c1-15-19(14-24-27(15)2)21-13-20(26-30-21)23(28)25-22(16-8-5-4-6-9-16)17-10-7-11-18(12-17)29-3/h4-14,22H,1-3H3,(H,25,28)/t22-/m1/s1. The number of nitrogens with zero attached hydrogens (tertiary/aromatic N) is 3. The molecule has 30 heavy (non-hydrogen) atoms. The van der Waals surface area contributed by atoms with Gasteiger partial charge in [0.25, 0.3) is 5.91 Å². The van der Waals surface area contributed by atoms with Gasteiger partial charge >= 0.3 is 0 Å². The van der Waals surface area contributed by atoms with E-state index in [-0.39, 0.29) is 17.6 Å². The van der Waals surface area contributed by atoms with Crippen LogP contribution in [0, 0.1) is 6.92 Å². The fourth-order valence-corrected chi connectivity index (χ4v) is 3.28. The van der Waals surface area contributed by atoms with Crippen molar-refractivity contribution in [1.82, 2.24) is 20.3 Å². The maximum absolute atomic E-state index is 13.0. The normalized spacial score (nSPS) is 11.8. The van der Waals surface area contributed by atoms with Gasteiger partial charge in [0.2, 0.25) is 0 Å². The second-order valence-corrected chi connectivity index (χ2v) is 6.94. The molecule has 1 N–H and O–H groups in total. The molecule has 2 aromatic heterocycles. The van der Waals surface area contributed by atoms with Gasteiger partial charge < -0.3 is 14.6 Å². The Labute approximate surface area is 174 Å². The third-order valence-electron chi connectivity index (χ3n) is 5.08. The van der Waals surface area contributed by atoms with Gasteiger partial charge in [-0.25, -0.2) is 0 Å². The van der Waals surface area contributed by atoms with Gasteiger partial charge in [-0.3, -0.25) is 9.48 Å². The molecule has 7 nitrogen and oxygen atoms in total. The van der Waals surface area contributed by atoms with Crippen LogP contribution < -0.4 is 10.1 Å². The number of aromatic nitrogens is 3. The molecule has 4 rings (SSSR count). The van der Waals surface area contributed by atoms with E-state index in [1.165, 1.54) is 0 Å². The number of nitrogens with one attached hydrogen (secondary N) is 1. The van der Waals surface area contributed by atoms with Gasteiger partial charge in [0, 0.05) is 18.8 Å². The minimum Gasteiger partial charge on any atom is -0.497 e. The number of amides is 1. The molecule has 0 aliphatic carbocycles. The summed E-state index contributed by atoms with van der Waals surface area (Å²) in [7, 11) is 3.47. The van der Waals surface area contributed by atoms with Gasteiger partial charge in [-0.1, -0.05) is 47.6 Å². The van der Waals surface area contributed by atoms with E-state index in [1.807, 2.05) is 68.6 Å². The Morgan fingerprint density at radius 3 is 2.57 bits per heavy atom. The molecule has 0 saturated carbocycles. The first-order chi connectivity index (χ1) is 14.6. The van der Waals surface area contributed by atoms with Crippen LogP contribution >= 0.6 is 0 Å². The molecule has 0 saturated heterocycles. The molecule has 2 heterocycles. The van der Waals surface area contributed by atoms with Crippen molar-refractivity contribution >= 4 is 5.91 Å². The van der Waals surface area contributed by atoms with Crippen molar-refractivity contribution in [2.24, 2.45) is 7.05 Å². The van der Waals surface area contributed by atoms with E-state index < -0.39 is 0 Å². The Bertz CT molecular complexity index is 1160. The maximum atomic E-state index is 13.0. The largest absolute Gasteiger partial charge is 0.497 e. The van der Waals surface area contributed by atoms with Gasteiger partial charge in [0.15, 0.2) is 11.5 Å². The average molecular weight is 402 g/mol. The van der Waals surface area contributed by atoms with E-state index in [2.05, 4.69) is 15.6 Å². The third-order valence-corrected chi connectivity index (χ3v) is 5.08. The molecule has 1 atom stereocenters. The maximum Gasteiger partial charge on any atom is 0.274 e. The van der Waals surface area contributed by atoms with Crippen LogP contribution in [0.15, 0.2) is 71.4 Å². The Balaban J connectivity index is 1.63. The van der Waals surface area contributed by atoms with E-state index in [9.17, 15) is 4.79 Å². The Hall–Kier alpha value is -3.87. The summed E-state index contributed by atoms with van der Waals surface area (Å²) in [5.41, 5.74) is 3.79. The number of ether oxygens (including phenoxy) is 1. The Morgan fingerprint density at radius 1 is 1.10 bits per heavy atom. The summed E-state index contributed by atoms with van der Waals surface area (Å²) in [5.74, 6) is 0.894. The van der Waals surface area contributed by atoms with Crippen LogP contribution in [0.2, 0.25) is 0 Å². The number of benzene rings is 2. The van der Waals surface area contributed by atoms with Gasteiger partial charge in [0.05, 0.1) is 24.9 Å². The second kappa shape index (κ2) is 8.24. The molecular formula is C23H22N4O3. The molecule has 0 aliphatic rings. The van der Waals surface area contributed by atoms with Crippen molar-refractivity contribution in [3.8, 4) is 17.1 Å². The predicted molar refractivity (Wildman–Crippen MR) is 112 cm³/mol. The molecular weight excluding hydrogens is 380 g/mol. The van der Waals surface area contributed by atoms with Crippen LogP contribution in [-0.2, 0) is 7.05 Å². The minimum atomic E-state index is -0.367. The molecule has 7 heteroatoms. The molecule has 2 aromatic carbocycles. The van der Waals surface area contributed by atoms with Gasteiger partial charge in [-0.15, -0.1) is 0 Å². The van der Waals surface area contributed by atoms with Gasteiger partial charge in [-0.05, 0) is 30.2 Å². The number of rotatable bonds is 6. The van der Waals surface area contributed by atoms with E-state index >= 15 is 0 Å². The summed E-state index contributed by atoms with van der Waals surface area (Å²) in [6, 6.07) is 18.6. The monoisotopic (exact) mass is 402 g/mol. The van der Waals surface area contributed by atoms with Crippen molar-refractivity contribution in [2.45, 2.75) is 13.0 Å². The van der Waals surface area contributed by atoms with E-state index in [4.69, 9.17) is 9.26 Å². The molecule has 152 valence electrons. The lowest BCUT2D eigenvalue weighted by atomic mass is 9.98. The van der Waals surface area contributed by atoms with Crippen LogP contribution in [0.4, 0.5) is 0 Å². The first-order valence-electron chi connectivity index (χ1n) is 9.52. The van der Waals surface area contributed by atoms with Crippen LogP contribution in [0.25, 0.3) is 11.3 Å². The van der Waals surface area contributed by atoms with Crippen molar-refractivity contribution in [3.63, 3.8) is 0 Å². The number of aryl methyl sites for hydroxylation is 1. The summed E-state index contributed by atoms with van der Waals surface area (Å²) in [6.07, 6.45) is 1.69. The molecule has 4 aromatic rings. The Morgan fingerprint density at radius 2 is 1.87 bits per heavy atom. The lowest BCUT2D eigenvalue weighted by molar-refractivity contribution is 0.0934. The van der Waals surface area contributed by atoms with Crippen molar-refractivity contribution in [1.29, 1.82) is 0 Å². The average Bonchev–Trinajstić information content (AvgIpc) is 3.39. The minimum absolute atomic E-state index is 0.206. The van der Waals surface area contributed by atoms with E-state index in [0.717, 1.165) is 28.1 Å². The highest BCUT2D eigenvalue weighted by atomic mass is 16.5. The van der Waals surface area contributed by atoms with Crippen LogP contribution in [0.5, 0.6) is 5.75 Å². The SMILES string of the molecule is COc1cccc([C@H](NC(=O)c2cc(-c3cnn(C)c3C)on2)c2ccccc2)c1.